The minimum absolute atomic E-state index is 0.00137. The lowest BCUT2D eigenvalue weighted by atomic mass is 9.94. The van der Waals surface area contributed by atoms with Crippen molar-refractivity contribution >= 4 is 34.8 Å². The predicted octanol–water partition coefficient (Wildman–Crippen LogP) is 4.77. The van der Waals surface area contributed by atoms with E-state index >= 15 is 0 Å². The summed E-state index contributed by atoms with van der Waals surface area (Å²) in [5, 5.41) is 9.92. The zero-order chi connectivity index (χ0) is 29.7. The minimum atomic E-state index is -0.804. The first kappa shape index (κ1) is 29.0. The van der Waals surface area contributed by atoms with Crippen molar-refractivity contribution in [1.29, 1.82) is 0 Å². The maximum atomic E-state index is 13.2. The Labute approximate surface area is 243 Å². The van der Waals surface area contributed by atoms with Gasteiger partial charge in [0.25, 0.3) is 11.8 Å². The van der Waals surface area contributed by atoms with Crippen molar-refractivity contribution in [1.82, 2.24) is 20.0 Å². The van der Waals surface area contributed by atoms with Gasteiger partial charge in [-0.15, -0.1) is 5.10 Å². The van der Waals surface area contributed by atoms with E-state index in [2.05, 4.69) is 20.6 Å². The monoisotopic (exact) mass is 573 g/mol. The van der Waals surface area contributed by atoms with Gasteiger partial charge in [-0.1, -0.05) is 42.5 Å². The third-order valence-electron chi connectivity index (χ3n) is 7.24. The molecule has 2 aromatic heterocycles. The summed E-state index contributed by atoms with van der Waals surface area (Å²) in [6, 6.07) is 18.3. The quantitative estimate of drug-likeness (QED) is 0.260. The van der Waals surface area contributed by atoms with Gasteiger partial charge < -0.3 is 24.5 Å². The van der Waals surface area contributed by atoms with Crippen molar-refractivity contribution in [3.63, 3.8) is 0 Å². The highest BCUT2D eigenvalue weighted by Crippen LogP contribution is 2.29. The molecule has 1 aliphatic heterocycles. The summed E-state index contributed by atoms with van der Waals surface area (Å²) in [5.74, 6) is -0.993. The standard InChI is InChI=1S/C31H35N5O6/c1-31(2,23-9-5-4-6-10-23)33-29(38)25-19-24-26(42-25)27(34-36(24)30(39)41-18-17-40-3)32-28(37)22-13-11-21(12-14-22)20-35-15-7-8-16-35/h4-6,9-14,19H,7-8,15-18,20H2,1-3H3,(H,33,38)(H,32,34,37). The number of amides is 2. The fraction of sp³-hybridized carbons (Fsp3) is 0.355. The van der Waals surface area contributed by atoms with Crippen LogP contribution in [0.15, 0.2) is 65.1 Å². The molecule has 42 heavy (non-hydrogen) atoms. The average Bonchev–Trinajstić information content (AvgIpc) is 3.72. The Hall–Kier alpha value is -4.48. The van der Waals surface area contributed by atoms with E-state index in [9.17, 15) is 14.4 Å². The number of benzene rings is 2. The Morgan fingerprint density at radius 1 is 0.976 bits per heavy atom. The average molecular weight is 574 g/mol. The molecule has 0 radical (unpaired) electrons. The van der Waals surface area contributed by atoms with Crippen LogP contribution >= 0.6 is 0 Å². The number of nitrogens with zero attached hydrogens (tertiary/aromatic N) is 3. The molecule has 0 atom stereocenters. The molecular weight excluding hydrogens is 538 g/mol. The molecule has 0 saturated carbocycles. The van der Waals surface area contributed by atoms with E-state index in [-0.39, 0.29) is 35.9 Å². The van der Waals surface area contributed by atoms with E-state index in [0.717, 1.165) is 35.4 Å². The molecule has 5 rings (SSSR count). The molecule has 2 aromatic carbocycles. The van der Waals surface area contributed by atoms with Crippen LogP contribution < -0.4 is 10.6 Å². The molecule has 0 spiro atoms. The van der Waals surface area contributed by atoms with Crippen molar-refractivity contribution < 1.29 is 28.3 Å². The number of methoxy groups -OCH3 is 1. The van der Waals surface area contributed by atoms with E-state index in [0.29, 0.717) is 5.56 Å². The van der Waals surface area contributed by atoms with Crippen molar-refractivity contribution in [2.24, 2.45) is 0 Å². The van der Waals surface area contributed by atoms with Gasteiger partial charge in [0.05, 0.1) is 12.1 Å². The van der Waals surface area contributed by atoms with Gasteiger partial charge >= 0.3 is 6.09 Å². The molecule has 2 N–H and O–H groups in total. The first-order valence-electron chi connectivity index (χ1n) is 13.9. The maximum Gasteiger partial charge on any atom is 0.435 e. The topological polar surface area (TPSA) is 128 Å². The Bertz CT molecular complexity index is 1550. The van der Waals surface area contributed by atoms with Crippen molar-refractivity contribution in [3.8, 4) is 0 Å². The lowest BCUT2D eigenvalue weighted by molar-refractivity contribution is 0.0885. The molecule has 0 aliphatic carbocycles. The number of anilines is 1. The molecule has 11 heteroatoms. The number of furan rings is 1. The van der Waals surface area contributed by atoms with Crippen molar-refractivity contribution in [2.45, 2.75) is 38.8 Å². The fourth-order valence-electron chi connectivity index (χ4n) is 4.93. The molecule has 220 valence electrons. The second-order valence-electron chi connectivity index (χ2n) is 10.8. The Morgan fingerprint density at radius 3 is 2.38 bits per heavy atom. The third kappa shape index (κ3) is 6.53. The molecule has 0 unspecified atom stereocenters. The molecule has 2 amide bonds. The highest BCUT2D eigenvalue weighted by Gasteiger charge is 2.28. The highest BCUT2D eigenvalue weighted by atomic mass is 16.6. The number of fused-ring (bicyclic) bond motifs is 1. The van der Waals surface area contributed by atoms with Crippen LogP contribution in [0.4, 0.5) is 10.6 Å². The summed E-state index contributed by atoms with van der Waals surface area (Å²) in [4.78, 5) is 41.6. The van der Waals surface area contributed by atoms with Crippen LogP contribution in [-0.2, 0) is 21.6 Å². The lowest BCUT2D eigenvalue weighted by Gasteiger charge is -2.26. The van der Waals surface area contributed by atoms with E-state index in [1.165, 1.54) is 26.0 Å². The summed E-state index contributed by atoms with van der Waals surface area (Å²) in [6.45, 7) is 6.96. The lowest BCUT2D eigenvalue weighted by Crippen LogP contribution is -2.40. The van der Waals surface area contributed by atoms with E-state index < -0.39 is 23.4 Å². The van der Waals surface area contributed by atoms with E-state index in [1.54, 1.807) is 12.1 Å². The molecule has 3 heterocycles. The molecule has 4 aromatic rings. The van der Waals surface area contributed by atoms with Crippen molar-refractivity contribution in [3.05, 3.63) is 83.1 Å². The maximum absolute atomic E-state index is 13.2. The summed E-state index contributed by atoms with van der Waals surface area (Å²) in [5.41, 5.74) is 1.98. The Balaban J connectivity index is 1.38. The van der Waals surface area contributed by atoms with Crippen LogP contribution in [0.5, 0.6) is 0 Å². The third-order valence-corrected chi connectivity index (χ3v) is 7.24. The van der Waals surface area contributed by atoms with Gasteiger partial charge in [-0.05, 0) is 63.0 Å². The van der Waals surface area contributed by atoms with E-state index in [1.807, 2.05) is 56.3 Å². The van der Waals surface area contributed by atoms with Crippen LogP contribution in [0.2, 0.25) is 0 Å². The normalized spacial score (nSPS) is 13.8. The molecule has 1 saturated heterocycles. The number of aromatic nitrogens is 2. The van der Waals surface area contributed by atoms with Crippen LogP contribution in [0.1, 0.15) is 58.7 Å². The zero-order valence-electron chi connectivity index (χ0n) is 24.0. The number of rotatable bonds is 10. The molecular formula is C31H35N5O6. The summed E-state index contributed by atoms with van der Waals surface area (Å²) in [6.07, 6.45) is 1.62. The molecule has 11 nitrogen and oxygen atoms in total. The van der Waals surface area contributed by atoms with Crippen LogP contribution in [0, 0.1) is 0 Å². The van der Waals surface area contributed by atoms with Gasteiger partial charge in [0, 0.05) is 25.3 Å². The summed E-state index contributed by atoms with van der Waals surface area (Å²) in [7, 11) is 1.49. The molecule has 1 aliphatic rings. The highest BCUT2D eigenvalue weighted by molar-refractivity contribution is 6.08. The number of hydrogen-bond acceptors (Lipinski definition) is 8. The molecule has 1 fully saturated rings. The first-order chi connectivity index (χ1) is 20.2. The van der Waals surface area contributed by atoms with Gasteiger partial charge in [0.1, 0.15) is 12.1 Å². The number of hydrogen-bond donors (Lipinski definition) is 2. The summed E-state index contributed by atoms with van der Waals surface area (Å²) < 4.78 is 17.0. The second kappa shape index (κ2) is 12.6. The zero-order valence-corrected chi connectivity index (χ0v) is 24.0. The predicted molar refractivity (Wildman–Crippen MR) is 156 cm³/mol. The van der Waals surface area contributed by atoms with Gasteiger partial charge in [-0.25, -0.2) is 4.79 Å². The smallest absolute Gasteiger partial charge is 0.435 e. The first-order valence-corrected chi connectivity index (χ1v) is 13.9. The van der Waals surface area contributed by atoms with Crippen LogP contribution in [0.3, 0.4) is 0 Å². The number of carbonyl (C=O) groups is 3. The fourth-order valence-corrected chi connectivity index (χ4v) is 4.93. The van der Waals surface area contributed by atoms with Gasteiger partial charge in [-0.2, -0.15) is 4.68 Å². The Morgan fingerprint density at radius 2 is 1.69 bits per heavy atom. The second-order valence-corrected chi connectivity index (χ2v) is 10.8. The van der Waals surface area contributed by atoms with Crippen LogP contribution in [-0.4, -0.2) is 66.0 Å². The largest absolute Gasteiger partial charge is 0.445 e. The SMILES string of the molecule is COCCOC(=O)n1nc(NC(=O)c2ccc(CN3CCCC3)cc2)c2oc(C(=O)NC(C)(C)c3ccccc3)cc21. The number of nitrogens with one attached hydrogen (secondary N) is 2. The Kier molecular flexibility index (Phi) is 8.69. The number of likely N-dealkylation sites (tertiary alicyclic amines) is 1. The summed E-state index contributed by atoms with van der Waals surface area (Å²) >= 11 is 0. The van der Waals surface area contributed by atoms with Crippen LogP contribution in [0.25, 0.3) is 11.1 Å². The molecule has 0 bridgehead atoms. The van der Waals surface area contributed by atoms with Gasteiger partial charge in [0.2, 0.25) is 0 Å². The van der Waals surface area contributed by atoms with E-state index in [4.69, 9.17) is 13.9 Å². The number of ether oxygens (including phenoxy) is 2. The number of carbonyl (C=O) groups excluding carboxylic acids is 3. The minimum Gasteiger partial charge on any atom is -0.445 e. The van der Waals surface area contributed by atoms with Gasteiger partial charge in [-0.3, -0.25) is 14.5 Å². The van der Waals surface area contributed by atoms with Crippen molar-refractivity contribution in [2.75, 3.05) is 38.7 Å². The van der Waals surface area contributed by atoms with Gasteiger partial charge in [0.15, 0.2) is 17.2 Å².